The molecule has 5 heteroatoms. The molecule has 0 unspecified atom stereocenters. The molecule has 0 spiro atoms. The summed E-state index contributed by atoms with van der Waals surface area (Å²) in [6, 6.07) is 0. The van der Waals surface area contributed by atoms with Crippen LogP contribution in [0.5, 0.6) is 0 Å². The van der Waals surface area contributed by atoms with Crippen LogP contribution >= 0.6 is 0 Å². The van der Waals surface area contributed by atoms with Crippen molar-refractivity contribution in [2.24, 2.45) is 98.6 Å². The third-order valence-electron chi connectivity index (χ3n) is 22.2. The Morgan fingerprint density at radius 2 is 1.02 bits per heavy atom. The Morgan fingerprint density at radius 1 is 0.540 bits per heavy atom. The number of fused-ring (bicyclic) bond motifs is 10. The van der Waals surface area contributed by atoms with Gasteiger partial charge in [0, 0.05) is 6.61 Å². The van der Waals surface area contributed by atoms with Gasteiger partial charge in [-0.25, -0.2) is 0 Å². The van der Waals surface area contributed by atoms with Gasteiger partial charge >= 0.3 is 0 Å². The highest BCUT2D eigenvalue weighted by molar-refractivity contribution is 5.27. The molecule has 0 radical (unpaired) electrons. The summed E-state index contributed by atoms with van der Waals surface area (Å²) >= 11 is 0. The van der Waals surface area contributed by atoms with Crippen LogP contribution in [0.2, 0.25) is 0 Å². The molecule has 8 aliphatic rings. The number of allylic oxidation sites excluding steroid dienone is 1. The van der Waals surface area contributed by atoms with Crippen LogP contribution in [0.25, 0.3) is 0 Å². The fraction of sp³-hybridized carbons (Fsp3) is 0.966. The predicted octanol–water partition coefficient (Wildman–Crippen LogP) is 13.6. The topological polar surface area (TPSA) is 101 Å². The lowest BCUT2D eigenvalue weighted by molar-refractivity contribution is -0.148. The average molecular weight is 881 g/mol. The predicted molar refractivity (Wildman–Crippen MR) is 263 cm³/mol. The van der Waals surface area contributed by atoms with Gasteiger partial charge in [-0.2, -0.15) is 0 Å². The van der Waals surface area contributed by atoms with Crippen LogP contribution in [0, 0.1) is 98.6 Å². The van der Waals surface area contributed by atoms with E-state index in [-0.39, 0.29) is 18.8 Å². The summed E-state index contributed by atoms with van der Waals surface area (Å²) in [7, 11) is 0. The Morgan fingerprint density at radius 3 is 1.54 bits per heavy atom. The molecule has 0 heterocycles. The van der Waals surface area contributed by atoms with Crippen molar-refractivity contribution in [1.82, 2.24) is 0 Å². The molecule has 7 fully saturated rings. The number of aliphatic hydroxyl groups excluding tert-OH is 3. The lowest BCUT2D eigenvalue weighted by Crippen LogP contribution is -2.55. The largest absolute Gasteiger partial charge is 0.397 e. The molecule has 7 saturated carbocycles. The maximum Gasteiger partial charge on any atom is 0.0657 e. The average Bonchev–Trinajstić information content (AvgIpc) is 3.76. The highest BCUT2D eigenvalue weighted by atomic mass is 16.3. The number of rotatable bonds is 10. The lowest BCUT2D eigenvalue weighted by Gasteiger charge is -2.62. The first-order chi connectivity index (χ1) is 29.4. The van der Waals surface area contributed by atoms with Crippen molar-refractivity contribution >= 4 is 0 Å². The zero-order chi connectivity index (χ0) is 46.5. The summed E-state index contributed by atoms with van der Waals surface area (Å²) in [4.78, 5) is 0. The van der Waals surface area contributed by atoms with E-state index in [0.717, 1.165) is 104 Å². The molecule has 5 nitrogen and oxygen atoms in total. The Kier molecular flexibility index (Phi) is 16.4. The van der Waals surface area contributed by atoms with Crippen LogP contribution in [0.4, 0.5) is 0 Å². The van der Waals surface area contributed by atoms with Gasteiger partial charge in [0.1, 0.15) is 0 Å². The quantitative estimate of drug-likeness (QED) is 0.141. The van der Waals surface area contributed by atoms with Gasteiger partial charge in [-0.05, 0) is 254 Å². The minimum Gasteiger partial charge on any atom is -0.397 e. The molecule has 8 aliphatic carbocycles. The van der Waals surface area contributed by atoms with Crippen molar-refractivity contribution in [3.8, 4) is 0 Å². The molecule has 0 amide bonds. The fourth-order valence-corrected chi connectivity index (χ4v) is 18.1. The Hall–Kier alpha value is -0.460. The fourth-order valence-electron chi connectivity index (χ4n) is 18.1. The second-order valence-electron chi connectivity index (χ2n) is 26.8. The van der Waals surface area contributed by atoms with E-state index < -0.39 is 11.2 Å². The van der Waals surface area contributed by atoms with Crippen LogP contribution in [-0.2, 0) is 0 Å². The molecule has 63 heavy (non-hydrogen) atoms. The van der Waals surface area contributed by atoms with Crippen molar-refractivity contribution < 1.29 is 25.5 Å². The van der Waals surface area contributed by atoms with Crippen molar-refractivity contribution in [1.29, 1.82) is 0 Å². The van der Waals surface area contributed by atoms with Gasteiger partial charge in [0.2, 0.25) is 0 Å². The molecule has 8 rings (SSSR count). The molecule has 366 valence electrons. The minimum atomic E-state index is -0.490. The first-order valence-corrected chi connectivity index (χ1v) is 27.5. The second-order valence-corrected chi connectivity index (χ2v) is 26.8. The van der Waals surface area contributed by atoms with E-state index in [1.807, 2.05) is 6.92 Å². The van der Waals surface area contributed by atoms with E-state index in [0.29, 0.717) is 33.5 Å². The van der Waals surface area contributed by atoms with E-state index in [1.165, 1.54) is 96.3 Å². The maximum absolute atomic E-state index is 10.7. The van der Waals surface area contributed by atoms with Gasteiger partial charge in [0.25, 0.3) is 0 Å². The van der Waals surface area contributed by atoms with Crippen molar-refractivity contribution in [3.05, 3.63) is 11.6 Å². The molecule has 0 saturated heterocycles. The molecular formula is C58H104O5. The zero-order valence-corrected chi connectivity index (χ0v) is 43.5. The van der Waals surface area contributed by atoms with Crippen molar-refractivity contribution in [2.75, 3.05) is 6.61 Å². The second kappa shape index (κ2) is 19.9. The van der Waals surface area contributed by atoms with Crippen molar-refractivity contribution in [3.63, 3.8) is 0 Å². The van der Waals surface area contributed by atoms with Crippen LogP contribution in [0.15, 0.2) is 11.6 Å². The lowest BCUT2D eigenvalue weighted by atomic mass is 9.43. The van der Waals surface area contributed by atoms with Crippen LogP contribution in [-0.4, -0.2) is 55.5 Å². The smallest absolute Gasteiger partial charge is 0.0657 e. The Balaban J connectivity index is 0.000000198. The molecular weight excluding hydrogens is 777 g/mol. The molecule has 0 aliphatic heterocycles. The summed E-state index contributed by atoms with van der Waals surface area (Å²) in [6.45, 7) is 30.0. The van der Waals surface area contributed by atoms with Gasteiger partial charge in [-0.1, -0.05) is 80.9 Å². The van der Waals surface area contributed by atoms with E-state index in [1.54, 1.807) is 12.5 Å². The van der Waals surface area contributed by atoms with Crippen LogP contribution in [0.1, 0.15) is 225 Å². The third-order valence-corrected chi connectivity index (χ3v) is 22.2. The van der Waals surface area contributed by atoms with Gasteiger partial charge in [0.05, 0.1) is 23.4 Å². The van der Waals surface area contributed by atoms with E-state index in [4.69, 9.17) is 5.11 Å². The number of aliphatic hydroxyl groups is 5. The summed E-state index contributed by atoms with van der Waals surface area (Å²) in [5.74, 6) is 9.90. The molecule has 5 N–H and O–H groups in total. The van der Waals surface area contributed by atoms with Crippen LogP contribution < -0.4 is 0 Å². The molecule has 0 bridgehead atoms. The maximum atomic E-state index is 10.7. The molecule has 0 aromatic rings. The minimum absolute atomic E-state index is 0.132. The molecule has 0 aromatic heterocycles. The van der Waals surface area contributed by atoms with Crippen molar-refractivity contribution in [2.45, 2.75) is 248 Å². The summed E-state index contributed by atoms with van der Waals surface area (Å²) < 4.78 is 0. The Bertz CT molecular complexity index is 1520. The van der Waals surface area contributed by atoms with Crippen LogP contribution in [0.3, 0.4) is 0 Å². The van der Waals surface area contributed by atoms with E-state index in [2.05, 4.69) is 82.2 Å². The van der Waals surface area contributed by atoms with Gasteiger partial charge in [-0.3, -0.25) is 0 Å². The highest BCUT2D eigenvalue weighted by Crippen LogP contribution is 2.70. The van der Waals surface area contributed by atoms with Gasteiger partial charge in [0.15, 0.2) is 0 Å². The first-order valence-electron chi connectivity index (χ1n) is 27.5. The summed E-state index contributed by atoms with van der Waals surface area (Å²) in [6.07, 6.45) is 28.2. The summed E-state index contributed by atoms with van der Waals surface area (Å²) in [5, 5.41) is 49.6. The molecule has 19 atom stereocenters. The summed E-state index contributed by atoms with van der Waals surface area (Å²) in [5.41, 5.74) is 2.48. The Labute approximate surface area is 389 Å². The normalized spacial score (nSPS) is 47.1. The van der Waals surface area contributed by atoms with E-state index in [9.17, 15) is 20.4 Å². The van der Waals surface area contributed by atoms with E-state index >= 15 is 0 Å². The first kappa shape index (κ1) is 51.9. The number of hydrogen-bond acceptors (Lipinski definition) is 5. The molecule has 0 aromatic carbocycles. The zero-order valence-electron chi connectivity index (χ0n) is 43.5. The standard InChI is InChI=1S/C28H50O2.C28H48O2.C2H6O/c2*1-18(2)25(29)12-7-19(3)22-10-11-23-21-9-8-20-17-26(4,30)15-16-27(20,5)24(21)13-14-28(22,23)6;1-2-3/h18-25,29-30H,7-17H2,1-6H3;8,18-19,21-25,29-30H,7,9-17H2,1-6H3;3H,2H2,1H3/t19-,20+,21+,22-,23+,24+,25-,26+,27+,28-;19-,21+,22-,23+,24+,25-,26+,27+,28-;/m11./s1. The highest BCUT2D eigenvalue weighted by Gasteiger charge is 2.62. The monoisotopic (exact) mass is 881 g/mol. The van der Waals surface area contributed by atoms with Gasteiger partial charge < -0.3 is 25.5 Å². The van der Waals surface area contributed by atoms with Gasteiger partial charge in [-0.15, -0.1) is 0 Å². The number of hydrogen-bond donors (Lipinski definition) is 5. The third kappa shape index (κ3) is 10.3. The SMILES string of the molecule is CC(C)[C@H](O)CC[C@@H](C)[C@H]1CC[C@H]2[C@@H]3CC=C4C[C@@](C)(O)CC[C@]4(C)[C@H]3CC[C@]12C.CC(C)[C@H](O)CC[C@@H](C)[C@H]1CC[C@H]2[C@@H]3CC[C@H]4C[C@@](C)(O)CC[C@]4(C)[C@H]3CC[C@]12C.CCO.